The van der Waals surface area contributed by atoms with E-state index in [2.05, 4.69) is 11.6 Å². The molecule has 0 fully saturated rings. The monoisotopic (exact) mass is 285 g/mol. The van der Waals surface area contributed by atoms with Crippen LogP contribution in [-0.2, 0) is 4.79 Å². The van der Waals surface area contributed by atoms with Crippen LogP contribution in [0.1, 0.15) is 11.7 Å². The lowest BCUT2D eigenvalue weighted by Crippen LogP contribution is -2.16. The third-order valence-corrected chi connectivity index (χ3v) is 2.86. The minimum atomic E-state index is -1.15. The first-order valence-electron chi connectivity index (χ1n) is 6.25. The molecule has 1 aromatic heterocycles. The Kier molecular flexibility index (Phi) is 4.68. The fourth-order valence-electron chi connectivity index (χ4n) is 1.67. The number of aromatic nitrogens is 1. The molecule has 2 rings (SSSR count). The molecule has 0 radical (unpaired) electrons. The predicted molar refractivity (Wildman–Crippen MR) is 77.0 cm³/mol. The topological polar surface area (TPSA) is 68.7 Å². The van der Waals surface area contributed by atoms with Gasteiger partial charge in [0.15, 0.2) is 0 Å². The average Bonchev–Trinajstić information content (AvgIpc) is 2.55. The van der Waals surface area contributed by atoms with Gasteiger partial charge in [0.1, 0.15) is 17.6 Å². The molecule has 0 aliphatic heterocycles. The average molecular weight is 285 g/mol. The van der Waals surface area contributed by atoms with E-state index < -0.39 is 12.1 Å². The Labute approximate surface area is 122 Å². The summed E-state index contributed by atoms with van der Waals surface area (Å²) in [4.78, 5) is 15.8. The maximum absolute atomic E-state index is 11.9. The number of ether oxygens (including phenoxy) is 2. The van der Waals surface area contributed by atoms with Crippen molar-refractivity contribution in [3.63, 3.8) is 0 Å². The van der Waals surface area contributed by atoms with E-state index in [4.69, 9.17) is 9.47 Å². The van der Waals surface area contributed by atoms with Crippen molar-refractivity contribution in [1.82, 2.24) is 4.98 Å². The van der Waals surface area contributed by atoms with Gasteiger partial charge in [-0.1, -0.05) is 12.6 Å². The molecule has 1 unspecified atom stereocenters. The normalized spacial score (nSPS) is 11.5. The minimum Gasteiger partial charge on any atom is -0.497 e. The van der Waals surface area contributed by atoms with Crippen molar-refractivity contribution in [2.45, 2.75) is 6.10 Å². The Bertz CT molecular complexity index is 622. The highest BCUT2D eigenvalue weighted by atomic mass is 16.5. The van der Waals surface area contributed by atoms with Crippen LogP contribution in [0.25, 0.3) is 0 Å². The molecule has 1 heterocycles. The number of nitrogens with zero attached hydrogens (tertiary/aromatic N) is 1. The second kappa shape index (κ2) is 6.67. The van der Waals surface area contributed by atoms with Crippen LogP contribution in [0.3, 0.4) is 0 Å². The molecule has 0 saturated carbocycles. The Balaban J connectivity index is 2.03. The van der Waals surface area contributed by atoms with Crippen LogP contribution < -0.4 is 9.47 Å². The van der Waals surface area contributed by atoms with Crippen LogP contribution in [0.4, 0.5) is 0 Å². The Morgan fingerprint density at radius 2 is 1.90 bits per heavy atom. The quantitative estimate of drug-likeness (QED) is 0.518. The number of hydrogen-bond donors (Lipinski definition) is 1. The summed E-state index contributed by atoms with van der Waals surface area (Å²) in [5.41, 5.74) is 0.424. The molecule has 21 heavy (non-hydrogen) atoms. The number of pyridine rings is 1. The second-order valence-electron chi connectivity index (χ2n) is 4.28. The lowest BCUT2D eigenvalue weighted by Gasteiger charge is -2.13. The number of methoxy groups -OCH3 is 1. The minimum absolute atomic E-state index is 0.0566. The smallest absolute Gasteiger partial charge is 0.341 e. The first kappa shape index (κ1) is 14.7. The van der Waals surface area contributed by atoms with E-state index in [0.29, 0.717) is 17.1 Å². The summed E-state index contributed by atoms with van der Waals surface area (Å²) < 4.78 is 10.2. The molecule has 0 bridgehead atoms. The Morgan fingerprint density at radius 3 is 2.48 bits per heavy atom. The van der Waals surface area contributed by atoms with Gasteiger partial charge < -0.3 is 14.6 Å². The van der Waals surface area contributed by atoms with Crippen molar-refractivity contribution in [2.75, 3.05) is 7.11 Å². The molecular weight excluding hydrogens is 270 g/mol. The second-order valence-corrected chi connectivity index (χ2v) is 4.28. The first-order valence-corrected chi connectivity index (χ1v) is 6.25. The molecule has 0 aliphatic carbocycles. The van der Waals surface area contributed by atoms with Crippen LogP contribution in [0.5, 0.6) is 11.5 Å². The van der Waals surface area contributed by atoms with Crippen LogP contribution in [0.2, 0.25) is 0 Å². The molecule has 0 amide bonds. The van der Waals surface area contributed by atoms with Gasteiger partial charge in [0.2, 0.25) is 0 Å². The molecule has 1 N–H and O–H groups in total. The number of carbonyl (C=O) groups excluding carboxylic acids is 1. The van der Waals surface area contributed by atoms with Gasteiger partial charge in [0.25, 0.3) is 0 Å². The van der Waals surface area contributed by atoms with Gasteiger partial charge in [-0.2, -0.15) is 0 Å². The summed E-state index contributed by atoms with van der Waals surface area (Å²) in [5, 5.41) is 10.1. The van der Waals surface area contributed by atoms with Crippen molar-refractivity contribution in [1.29, 1.82) is 0 Å². The van der Waals surface area contributed by atoms with Crippen molar-refractivity contribution in [2.24, 2.45) is 0 Å². The van der Waals surface area contributed by atoms with E-state index in [-0.39, 0.29) is 5.57 Å². The van der Waals surface area contributed by atoms with Crippen molar-refractivity contribution in [3.8, 4) is 11.5 Å². The third-order valence-electron chi connectivity index (χ3n) is 2.86. The lowest BCUT2D eigenvalue weighted by atomic mass is 10.1. The fourth-order valence-corrected chi connectivity index (χ4v) is 1.67. The highest BCUT2D eigenvalue weighted by molar-refractivity contribution is 5.90. The highest BCUT2D eigenvalue weighted by Gasteiger charge is 2.20. The molecule has 0 saturated heterocycles. The van der Waals surface area contributed by atoms with Crippen LogP contribution in [-0.4, -0.2) is 23.2 Å². The maximum atomic E-state index is 11.9. The van der Waals surface area contributed by atoms with E-state index in [1.165, 1.54) is 6.20 Å². The van der Waals surface area contributed by atoms with Crippen LogP contribution in [0.15, 0.2) is 60.9 Å². The summed E-state index contributed by atoms with van der Waals surface area (Å²) in [5.74, 6) is 0.306. The Hall–Kier alpha value is -2.66. The molecule has 1 aromatic carbocycles. The van der Waals surface area contributed by atoms with E-state index in [0.717, 1.165) is 0 Å². The van der Waals surface area contributed by atoms with E-state index >= 15 is 0 Å². The van der Waals surface area contributed by atoms with Crippen molar-refractivity contribution in [3.05, 3.63) is 66.5 Å². The van der Waals surface area contributed by atoms with Gasteiger partial charge in [0.05, 0.1) is 12.7 Å². The van der Waals surface area contributed by atoms with Gasteiger partial charge in [0, 0.05) is 18.0 Å². The Morgan fingerprint density at radius 1 is 1.24 bits per heavy atom. The number of esters is 1. The summed E-state index contributed by atoms with van der Waals surface area (Å²) in [7, 11) is 1.55. The van der Waals surface area contributed by atoms with Gasteiger partial charge in [-0.25, -0.2) is 4.79 Å². The SMILES string of the molecule is C=C(C(=O)Oc1ccc(OC)cc1)C(O)c1cccnc1. The van der Waals surface area contributed by atoms with E-state index in [1.807, 2.05) is 0 Å². The van der Waals surface area contributed by atoms with Gasteiger partial charge >= 0.3 is 5.97 Å². The zero-order valence-corrected chi connectivity index (χ0v) is 11.5. The summed E-state index contributed by atoms with van der Waals surface area (Å²) in [6.45, 7) is 3.58. The number of carbonyl (C=O) groups is 1. The van der Waals surface area contributed by atoms with Gasteiger partial charge in [-0.05, 0) is 30.3 Å². The molecule has 108 valence electrons. The standard InChI is InChI=1S/C16H15NO4/c1-11(15(18)12-4-3-9-17-10-12)16(19)21-14-7-5-13(20-2)6-8-14/h3-10,15,18H,1H2,2H3. The first-order chi connectivity index (χ1) is 10.1. The van der Waals surface area contributed by atoms with Crippen LogP contribution >= 0.6 is 0 Å². The number of benzene rings is 1. The largest absolute Gasteiger partial charge is 0.497 e. The summed E-state index contributed by atoms with van der Waals surface area (Å²) >= 11 is 0. The molecular formula is C16H15NO4. The summed E-state index contributed by atoms with van der Waals surface area (Å²) in [6, 6.07) is 9.86. The molecule has 5 heteroatoms. The molecule has 0 aliphatic rings. The lowest BCUT2D eigenvalue weighted by molar-refractivity contribution is -0.131. The van der Waals surface area contributed by atoms with Crippen LogP contribution in [0, 0.1) is 0 Å². The molecule has 5 nitrogen and oxygen atoms in total. The number of aliphatic hydroxyl groups excluding tert-OH is 1. The highest BCUT2D eigenvalue weighted by Crippen LogP contribution is 2.22. The van der Waals surface area contributed by atoms with Crippen molar-refractivity contribution >= 4 is 5.97 Å². The molecule has 1 atom stereocenters. The third kappa shape index (κ3) is 3.67. The predicted octanol–water partition coefficient (Wildman–Crippen LogP) is 2.29. The zero-order valence-electron chi connectivity index (χ0n) is 11.5. The molecule has 2 aromatic rings. The number of aliphatic hydroxyl groups is 1. The van der Waals surface area contributed by atoms with Gasteiger partial charge in [-0.15, -0.1) is 0 Å². The van der Waals surface area contributed by atoms with Crippen molar-refractivity contribution < 1.29 is 19.4 Å². The fraction of sp³-hybridized carbons (Fsp3) is 0.125. The van der Waals surface area contributed by atoms with Gasteiger partial charge in [-0.3, -0.25) is 4.98 Å². The molecule has 0 spiro atoms. The number of rotatable bonds is 5. The maximum Gasteiger partial charge on any atom is 0.341 e. The van der Waals surface area contributed by atoms with E-state index in [9.17, 15) is 9.90 Å². The number of hydrogen-bond acceptors (Lipinski definition) is 5. The zero-order chi connectivity index (χ0) is 15.2. The summed E-state index contributed by atoms with van der Waals surface area (Å²) in [6.07, 6.45) is 1.90. The van der Waals surface area contributed by atoms with E-state index in [1.54, 1.807) is 49.7 Å².